The van der Waals surface area contributed by atoms with E-state index in [0.717, 1.165) is 25.9 Å². The monoisotopic (exact) mass is 250 g/mol. The summed E-state index contributed by atoms with van der Waals surface area (Å²) < 4.78 is 0. The van der Waals surface area contributed by atoms with Crippen LogP contribution in [0.2, 0.25) is 0 Å². The lowest BCUT2D eigenvalue weighted by Gasteiger charge is -2.17. The molecule has 8 heteroatoms. The van der Waals surface area contributed by atoms with Crippen molar-refractivity contribution >= 4 is 11.9 Å². The van der Waals surface area contributed by atoms with Crippen LogP contribution in [0.3, 0.4) is 0 Å². The number of rotatable bonds is 3. The van der Waals surface area contributed by atoms with Crippen molar-refractivity contribution in [3.8, 4) is 0 Å². The second-order valence-electron chi connectivity index (χ2n) is 3.65. The van der Waals surface area contributed by atoms with Gasteiger partial charge in [0, 0.05) is 6.04 Å². The van der Waals surface area contributed by atoms with Crippen LogP contribution in [-0.2, 0) is 9.59 Å². The fourth-order valence-electron chi connectivity index (χ4n) is 1.11. The molecule has 0 bridgehead atoms. The third-order valence-electron chi connectivity index (χ3n) is 2.19. The van der Waals surface area contributed by atoms with Gasteiger partial charge < -0.3 is 31.5 Å². The number of hydrogen-bond donors (Lipinski definition) is 6. The average molecular weight is 250 g/mol. The molecule has 0 aromatic rings. The van der Waals surface area contributed by atoms with Crippen molar-refractivity contribution in [1.82, 2.24) is 5.32 Å². The van der Waals surface area contributed by atoms with E-state index in [4.69, 9.17) is 26.2 Å². The zero-order valence-electron chi connectivity index (χ0n) is 9.24. The minimum Gasteiger partial charge on any atom is -0.479 e. The van der Waals surface area contributed by atoms with Crippen molar-refractivity contribution in [3.05, 3.63) is 0 Å². The third kappa shape index (κ3) is 6.84. The lowest BCUT2D eigenvalue weighted by Crippen LogP contribution is -2.39. The van der Waals surface area contributed by atoms with Crippen LogP contribution < -0.4 is 11.1 Å². The fourth-order valence-corrected chi connectivity index (χ4v) is 1.11. The molecule has 8 nitrogen and oxygen atoms in total. The summed E-state index contributed by atoms with van der Waals surface area (Å²) in [6.45, 7) is 2.22. The van der Waals surface area contributed by atoms with Gasteiger partial charge in [0.05, 0.1) is 0 Å². The summed E-state index contributed by atoms with van der Waals surface area (Å²) in [5, 5.41) is 35.8. The molecule has 0 amide bonds. The van der Waals surface area contributed by atoms with E-state index in [1.807, 2.05) is 0 Å². The second kappa shape index (κ2) is 7.96. The molecule has 1 fully saturated rings. The van der Waals surface area contributed by atoms with Gasteiger partial charge in [0.25, 0.3) is 0 Å². The van der Waals surface area contributed by atoms with Crippen LogP contribution in [0.1, 0.15) is 12.8 Å². The van der Waals surface area contributed by atoms with Crippen molar-refractivity contribution in [2.24, 2.45) is 5.73 Å². The SMILES string of the molecule is NC1CCNCC1.O=C(O)C(O)C(O)C(=O)O. The Labute approximate surface area is 98.0 Å². The van der Waals surface area contributed by atoms with E-state index in [9.17, 15) is 9.59 Å². The molecule has 1 aliphatic heterocycles. The highest BCUT2D eigenvalue weighted by molar-refractivity contribution is 5.83. The summed E-state index contributed by atoms with van der Waals surface area (Å²) in [6, 6.07) is 0.473. The van der Waals surface area contributed by atoms with Gasteiger partial charge in [0.15, 0.2) is 12.2 Å². The van der Waals surface area contributed by atoms with E-state index in [0.29, 0.717) is 6.04 Å². The minimum absolute atomic E-state index is 0.473. The van der Waals surface area contributed by atoms with Gasteiger partial charge in [-0.15, -0.1) is 0 Å². The molecule has 2 unspecified atom stereocenters. The molecule has 2 atom stereocenters. The highest BCUT2D eigenvalue weighted by atomic mass is 16.4. The number of nitrogens with one attached hydrogen (secondary N) is 1. The quantitative estimate of drug-likeness (QED) is 0.323. The molecule has 0 aromatic heterocycles. The van der Waals surface area contributed by atoms with Gasteiger partial charge in [-0.1, -0.05) is 0 Å². The molecule has 0 radical (unpaired) electrons. The van der Waals surface area contributed by atoms with Crippen LogP contribution >= 0.6 is 0 Å². The molecule has 17 heavy (non-hydrogen) atoms. The highest BCUT2D eigenvalue weighted by Crippen LogP contribution is 1.96. The molecule has 1 saturated heterocycles. The van der Waals surface area contributed by atoms with Gasteiger partial charge in [-0.2, -0.15) is 0 Å². The second-order valence-corrected chi connectivity index (χ2v) is 3.65. The third-order valence-corrected chi connectivity index (χ3v) is 2.19. The van der Waals surface area contributed by atoms with E-state index in [-0.39, 0.29) is 0 Å². The molecule has 100 valence electrons. The van der Waals surface area contributed by atoms with Crippen LogP contribution in [-0.4, -0.2) is 63.7 Å². The van der Waals surface area contributed by atoms with Crippen LogP contribution in [0.4, 0.5) is 0 Å². The van der Waals surface area contributed by atoms with Gasteiger partial charge in [-0.25, -0.2) is 9.59 Å². The first-order chi connectivity index (χ1) is 7.86. The topological polar surface area (TPSA) is 153 Å². The zero-order chi connectivity index (χ0) is 13.4. The number of carboxylic acid groups (broad SMARTS) is 2. The summed E-state index contributed by atoms with van der Waals surface area (Å²) in [7, 11) is 0. The maximum absolute atomic E-state index is 9.77. The van der Waals surface area contributed by atoms with Crippen LogP contribution in [0.25, 0.3) is 0 Å². The first-order valence-corrected chi connectivity index (χ1v) is 5.14. The van der Waals surface area contributed by atoms with Crippen molar-refractivity contribution in [3.63, 3.8) is 0 Å². The van der Waals surface area contributed by atoms with Crippen LogP contribution in [0.5, 0.6) is 0 Å². The Bertz CT molecular complexity index is 236. The number of aliphatic carboxylic acids is 2. The van der Waals surface area contributed by atoms with E-state index >= 15 is 0 Å². The molecule has 1 rings (SSSR count). The Balaban J connectivity index is 0.000000318. The Morgan fingerprint density at radius 1 is 1.06 bits per heavy atom. The largest absolute Gasteiger partial charge is 0.479 e. The predicted octanol–water partition coefficient (Wildman–Crippen LogP) is -2.43. The number of hydrogen-bond acceptors (Lipinski definition) is 6. The lowest BCUT2D eigenvalue weighted by molar-refractivity contribution is -0.165. The molecule has 7 N–H and O–H groups in total. The van der Waals surface area contributed by atoms with Crippen molar-refractivity contribution in [2.45, 2.75) is 31.1 Å². The average Bonchev–Trinajstić information content (AvgIpc) is 2.28. The van der Waals surface area contributed by atoms with Gasteiger partial charge in [-0.05, 0) is 25.9 Å². The Morgan fingerprint density at radius 2 is 1.41 bits per heavy atom. The van der Waals surface area contributed by atoms with Crippen molar-refractivity contribution in [2.75, 3.05) is 13.1 Å². The number of nitrogens with two attached hydrogens (primary N) is 1. The molecule has 0 aliphatic carbocycles. The van der Waals surface area contributed by atoms with Crippen molar-refractivity contribution in [1.29, 1.82) is 0 Å². The van der Waals surface area contributed by atoms with Crippen LogP contribution in [0, 0.1) is 0 Å². The maximum Gasteiger partial charge on any atom is 0.335 e. The summed E-state index contributed by atoms with van der Waals surface area (Å²) in [4.78, 5) is 19.5. The number of aliphatic hydroxyl groups is 2. The van der Waals surface area contributed by atoms with Crippen molar-refractivity contribution < 1.29 is 30.0 Å². The standard InChI is InChI=1S/C5H12N2.C4H6O6/c6-5-1-3-7-4-2-5;5-1(3(7)8)2(6)4(9)10/h5,7H,1-4,6H2;1-2,5-6H,(H,7,8)(H,9,10). The van der Waals surface area contributed by atoms with Crippen LogP contribution in [0.15, 0.2) is 0 Å². The molecular weight excluding hydrogens is 232 g/mol. The van der Waals surface area contributed by atoms with Gasteiger partial charge in [0.2, 0.25) is 0 Å². The first kappa shape index (κ1) is 15.8. The van der Waals surface area contributed by atoms with Gasteiger partial charge in [0.1, 0.15) is 0 Å². The molecule has 0 saturated carbocycles. The fraction of sp³-hybridized carbons (Fsp3) is 0.778. The molecule has 0 spiro atoms. The zero-order valence-corrected chi connectivity index (χ0v) is 9.24. The predicted molar refractivity (Wildman–Crippen MR) is 57.4 cm³/mol. The molecule has 1 aliphatic rings. The Hall–Kier alpha value is -1.22. The number of piperidine rings is 1. The summed E-state index contributed by atoms with van der Waals surface area (Å²) >= 11 is 0. The Kier molecular flexibility index (Phi) is 7.39. The normalized spacial score (nSPS) is 19.7. The van der Waals surface area contributed by atoms with E-state index < -0.39 is 24.1 Å². The minimum atomic E-state index is -2.27. The number of carboxylic acids is 2. The number of carbonyl (C=O) groups is 2. The highest BCUT2D eigenvalue weighted by Gasteiger charge is 2.29. The number of aliphatic hydroxyl groups excluding tert-OH is 2. The maximum atomic E-state index is 9.77. The smallest absolute Gasteiger partial charge is 0.335 e. The van der Waals surface area contributed by atoms with E-state index in [1.165, 1.54) is 0 Å². The Morgan fingerprint density at radius 3 is 1.59 bits per heavy atom. The molecular formula is C9H18N2O6. The first-order valence-electron chi connectivity index (χ1n) is 5.14. The lowest BCUT2D eigenvalue weighted by atomic mass is 10.1. The molecule has 0 aromatic carbocycles. The van der Waals surface area contributed by atoms with E-state index in [2.05, 4.69) is 5.32 Å². The van der Waals surface area contributed by atoms with Gasteiger partial charge >= 0.3 is 11.9 Å². The molecule has 1 heterocycles. The summed E-state index contributed by atoms with van der Waals surface area (Å²) in [5.41, 5.74) is 5.59. The summed E-state index contributed by atoms with van der Waals surface area (Å²) in [5.74, 6) is -3.54. The van der Waals surface area contributed by atoms with Gasteiger partial charge in [-0.3, -0.25) is 0 Å². The van der Waals surface area contributed by atoms with E-state index in [1.54, 1.807) is 0 Å². The summed E-state index contributed by atoms with van der Waals surface area (Å²) in [6.07, 6.45) is -2.23.